The SMILES string of the molecule is C1=CC(c2ccccc2)[Si](c2ccccc2)=C1c1ccccc1. The van der Waals surface area contributed by atoms with Gasteiger partial charge in [-0.05, 0) is 21.5 Å². The molecule has 1 aliphatic rings. The zero-order chi connectivity index (χ0) is 15.5. The fourth-order valence-corrected chi connectivity index (χ4v) is 6.43. The zero-order valence-corrected chi connectivity index (χ0v) is 13.9. The minimum atomic E-state index is -0.866. The third kappa shape index (κ3) is 2.76. The second kappa shape index (κ2) is 6.31. The minimum Gasteiger partial charge on any atom is -0.0759 e. The van der Waals surface area contributed by atoms with Crippen molar-refractivity contribution in [1.29, 1.82) is 0 Å². The van der Waals surface area contributed by atoms with Gasteiger partial charge >= 0.3 is 0 Å². The lowest BCUT2D eigenvalue weighted by Gasteiger charge is -2.16. The molecule has 0 amide bonds. The van der Waals surface area contributed by atoms with Crippen LogP contribution in [0.15, 0.2) is 103 Å². The van der Waals surface area contributed by atoms with Crippen LogP contribution in [0.3, 0.4) is 0 Å². The fraction of sp³-hybridized carbons (Fsp3) is 0.0455. The molecule has 0 fully saturated rings. The van der Waals surface area contributed by atoms with Crippen molar-refractivity contribution in [2.75, 3.05) is 0 Å². The molecule has 0 nitrogen and oxygen atoms in total. The van der Waals surface area contributed by atoms with Gasteiger partial charge in [-0.25, -0.2) is 0 Å². The Kier molecular flexibility index (Phi) is 3.87. The summed E-state index contributed by atoms with van der Waals surface area (Å²) in [6, 6.07) is 32.8. The van der Waals surface area contributed by atoms with Gasteiger partial charge in [0.05, 0.1) is 8.41 Å². The van der Waals surface area contributed by atoms with Crippen molar-refractivity contribution >= 4 is 18.8 Å². The summed E-state index contributed by atoms with van der Waals surface area (Å²) in [4.78, 5) is 0. The van der Waals surface area contributed by atoms with E-state index < -0.39 is 8.41 Å². The van der Waals surface area contributed by atoms with Gasteiger partial charge in [-0.3, -0.25) is 0 Å². The Morgan fingerprint density at radius 3 is 1.83 bits per heavy atom. The Hall–Kier alpha value is -2.51. The van der Waals surface area contributed by atoms with Crippen LogP contribution < -0.4 is 5.19 Å². The van der Waals surface area contributed by atoms with Gasteiger partial charge in [-0.1, -0.05) is 103 Å². The van der Waals surface area contributed by atoms with Gasteiger partial charge in [0, 0.05) is 5.54 Å². The molecule has 0 bridgehead atoms. The first-order valence-electron chi connectivity index (χ1n) is 8.01. The normalized spacial score (nSPS) is 16.8. The van der Waals surface area contributed by atoms with E-state index in [2.05, 4.69) is 103 Å². The molecule has 0 N–H and O–H groups in total. The standard InChI is InChI=1S/C22H18Si/c1-4-10-18(11-5-1)21-16-17-22(19-12-6-2-7-13-19)23(21)20-14-8-3-9-15-20/h1-17,21H. The van der Waals surface area contributed by atoms with Crippen LogP contribution in [-0.4, -0.2) is 13.6 Å². The summed E-state index contributed by atoms with van der Waals surface area (Å²) in [6.45, 7) is 0. The molecule has 1 heteroatoms. The van der Waals surface area contributed by atoms with Crippen molar-refractivity contribution in [1.82, 2.24) is 0 Å². The Labute approximate surface area is 139 Å². The van der Waals surface area contributed by atoms with Gasteiger partial charge in [-0.2, -0.15) is 0 Å². The summed E-state index contributed by atoms with van der Waals surface area (Å²) in [6.07, 6.45) is 4.76. The summed E-state index contributed by atoms with van der Waals surface area (Å²) in [5, 5.41) is 2.99. The van der Waals surface area contributed by atoms with E-state index >= 15 is 0 Å². The Bertz CT molecular complexity index is 846. The maximum absolute atomic E-state index is 2.40. The van der Waals surface area contributed by atoms with Crippen molar-refractivity contribution in [3.05, 3.63) is 114 Å². The van der Waals surface area contributed by atoms with E-state index in [1.54, 1.807) is 0 Å². The van der Waals surface area contributed by atoms with E-state index in [1.165, 1.54) is 21.5 Å². The third-order valence-corrected chi connectivity index (χ3v) is 7.52. The van der Waals surface area contributed by atoms with E-state index in [4.69, 9.17) is 0 Å². The highest BCUT2D eigenvalue weighted by molar-refractivity contribution is 6.88. The Morgan fingerprint density at radius 1 is 0.609 bits per heavy atom. The molecular formula is C22H18Si. The summed E-state index contributed by atoms with van der Waals surface area (Å²) in [5.74, 6) is 0. The largest absolute Gasteiger partial charge is 0.0759 e. The maximum atomic E-state index is 2.40. The molecule has 1 atom stereocenters. The molecule has 4 rings (SSSR count). The van der Waals surface area contributed by atoms with Crippen LogP contribution in [-0.2, 0) is 0 Å². The molecule has 1 unspecified atom stereocenters. The van der Waals surface area contributed by atoms with Gasteiger partial charge < -0.3 is 0 Å². The molecule has 23 heavy (non-hydrogen) atoms. The molecule has 3 aromatic rings. The topological polar surface area (TPSA) is 0 Å². The molecule has 3 aromatic carbocycles. The van der Waals surface area contributed by atoms with Crippen LogP contribution in [0, 0.1) is 0 Å². The van der Waals surface area contributed by atoms with E-state index in [9.17, 15) is 0 Å². The highest BCUT2D eigenvalue weighted by Gasteiger charge is 2.24. The van der Waals surface area contributed by atoms with Crippen LogP contribution in [0.1, 0.15) is 16.7 Å². The van der Waals surface area contributed by atoms with Crippen LogP contribution >= 0.6 is 0 Å². The number of hydrogen-bond acceptors (Lipinski definition) is 0. The predicted molar refractivity (Wildman–Crippen MR) is 101 cm³/mol. The molecule has 110 valence electrons. The first-order valence-corrected chi connectivity index (χ1v) is 9.59. The summed E-state index contributed by atoms with van der Waals surface area (Å²) in [7, 11) is -0.866. The number of benzene rings is 3. The van der Waals surface area contributed by atoms with E-state index in [1.807, 2.05) is 0 Å². The first-order chi connectivity index (χ1) is 11.4. The molecule has 0 aliphatic carbocycles. The number of rotatable bonds is 3. The maximum Gasteiger partial charge on any atom is 0.0667 e. The predicted octanol–water partition coefficient (Wildman–Crippen LogP) is 4.08. The summed E-state index contributed by atoms with van der Waals surface area (Å²) < 4.78 is 0. The quantitative estimate of drug-likeness (QED) is 0.639. The van der Waals surface area contributed by atoms with Crippen molar-refractivity contribution in [2.24, 2.45) is 0 Å². The molecule has 1 heterocycles. The molecule has 0 saturated carbocycles. The monoisotopic (exact) mass is 310 g/mol. The lowest BCUT2D eigenvalue weighted by molar-refractivity contribution is 1.20. The van der Waals surface area contributed by atoms with E-state index in [0.717, 1.165) is 0 Å². The Balaban J connectivity index is 1.90. The molecule has 1 aliphatic heterocycles. The third-order valence-electron chi connectivity index (χ3n) is 4.38. The summed E-state index contributed by atoms with van der Waals surface area (Å²) >= 11 is 0. The number of hydrogen-bond donors (Lipinski definition) is 0. The summed E-state index contributed by atoms with van der Waals surface area (Å²) in [5.41, 5.74) is 3.28. The fourth-order valence-electron chi connectivity index (χ4n) is 3.31. The molecule has 0 aromatic heterocycles. The molecule has 0 spiro atoms. The lowest BCUT2D eigenvalue weighted by atomic mass is 10.1. The van der Waals surface area contributed by atoms with Gasteiger partial charge in [0.2, 0.25) is 0 Å². The minimum absolute atomic E-state index is 0.499. The van der Waals surface area contributed by atoms with Crippen LogP contribution in [0.25, 0.3) is 0 Å². The molecule has 0 saturated heterocycles. The molecular weight excluding hydrogens is 292 g/mol. The lowest BCUT2D eigenvalue weighted by Crippen LogP contribution is -2.31. The van der Waals surface area contributed by atoms with E-state index in [0.29, 0.717) is 5.54 Å². The van der Waals surface area contributed by atoms with Gasteiger partial charge in [0.1, 0.15) is 0 Å². The van der Waals surface area contributed by atoms with Crippen LogP contribution in [0.2, 0.25) is 0 Å². The van der Waals surface area contributed by atoms with Gasteiger partial charge in [-0.15, -0.1) is 0 Å². The number of allylic oxidation sites excluding steroid dienone is 2. The smallest absolute Gasteiger partial charge is 0.0667 e. The van der Waals surface area contributed by atoms with Crippen molar-refractivity contribution < 1.29 is 0 Å². The van der Waals surface area contributed by atoms with Gasteiger partial charge in [0.15, 0.2) is 0 Å². The highest BCUT2D eigenvalue weighted by atomic mass is 28.2. The highest BCUT2D eigenvalue weighted by Crippen LogP contribution is 2.24. The first kappa shape index (κ1) is 14.1. The van der Waals surface area contributed by atoms with Crippen molar-refractivity contribution in [3.8, 4) is 0 Å². The van der Waals surface area contributed by atoms with Gasteiger partial charge in [0.25, 0.3) is 0 Å². The van der Waals surface area contributed by atoms with Crippen LogP contribution in [0.4, 0.5) is 0 Å². The molecule has 0 radical (unpaired) electrons. The zero-order valence-electron chi connectivity index (χ0n) is 12.9. The second-order valence-corrected chi connectivity index (χ2v) is 8.37. The Morgan fingerprint density at radius 2 is 1.17 bits per heavy atom. The second-order valence-electron chi connectivity index (χ2n) is 5.81. The average molecular weight is 310 g/mol. The van der Waals surface area contributed by atoms with Crippen molar-refractivity contribution in [3.63, 3.8) is 0 Å². The van der Waals surface area contributed by atoms with E-state index in [-0.39, 0.29) is 0 Å². The van der Waals surface area contributed by atoms with Crippen LogP contribution in [0.5, 0.6) is 0 Å². The average Bonchev–Trinajstić information content (AvgIpc) is 3.09. The van der Waals surface area contributed by atoms with Crippen molar-refractivity contribution in [2.45, 2.75) is 5.54 Å².